The lowest BCUT2D eigenvalue weighted by atomic mass is 9.99. The maximum absolute atomic E-state index is 10.5. The Kier molecular flexibility index (Phi) is 4.00. The van der Waals surface area contributed by atoms with Crippen molar-refractivity contribution >= 4 is 5.97 Å². The molecule has 88 valence electrons. The van der Waals surface area contributed by atoms with Crippen LogP contribution >= 0.6 is 0 Å². The zero-order valence-corrected chi connectivity index (χ0v) is 8.11. The summed E-state index contributed by atoms with van der Waals surface area (Å²) in [5, 5.41) is 36.9. The molecule has 0 amide bonds. The number of rotatable bonds is 2. The van der Waals surface area contributed by atoms with Crippen LogP contribution in [0.15, 0.2) is 0 Å². The molecule has 0 spiro atoms. The molecule has 0 aromatic carbocycles. The van der Waals surface area contributed by atoms with Gasteiger partial charge in [0.15, 0.2) is 6.29 Å². The van der Waals surface area contributed by atoms with Crippen LogP contribution in [-0.4, -0.2) is 63.7 Å². The predicted octanol–water partition coefficient (Wildman–Crippen LogP) is -2.65. The Morgan fingerprint density at radius 1 is 1.20 bits per heavy atom. The van der Waals surface area contributed by atoms with Gasteiger partial charge in [-0.25, -0.2) is 0 Å². The smallest absolute Gasteiger partial charge is 0.302 e. The number of carbonyl (C=O) groups is 1. The van der Waals surface area contributed by atoms with Crippen molar-refractivity contribution in [1.29, 1.82) is 0 Å². The summed E-state index contributed by atoms with van der Waals surface area (Å²) in [4.78, 5) is 10.5. The van der Waals surface area contributed by atoms with Gasteiger partial charge >= 0.3 is 5.97 Å². The second-order valence-electron chi connectivity index (χ2n) is 3.34. The summed E-state index contributed by atoms with van der Waals surface area (Å²) in [6, 6.07) is 0. The summed E-state index contributed by atoms with van der Waals surface area (Å²) in [5.74, 6) is -0.569. The minimum Gasteiger partial charge on any atom is -0.463 e. The van der Waals surface area contributed by atoms with E-state index in [0.717, 1.165) is 0 Å². The lowest BCUT2D eigenvalue weighted by Gasteiger charge is -2.37. The van der Waals surface area contributed by atoms with Gasteiger partial charge in [-0.05, 0) is 0 Å². The van der Waals surface area contributed by atoms with Crippen molar-refractivity contribution in [3.8, 4) is 0 Å². The fourth-order valence-corrected chi connectivity index (χ4v) is 1.27. The third-order valence-corrected chi connectivity index (χ3v) is 2.14. The predicted molar refractivity (Wildman–Crippen MR) is 45.5 cm³/mol. The number of hydrogen-bond acceptors (Lipinski definition) is 7. The van der Waals surface area contributed by atoms with Crippen molar-refractivity contribution in [3.63, 3.8) is 0 Å². The Hall–Kier alpha value is -0.730. The summed E-state index contributed by atoms with van der Waals surface area (Å²) in [5.41, 5.74) is 0. The molecule has 0 aromatic heterocycles. The molecule has 0 saturated carbocycles. The molecule has 1 aliphatic heterocycles. The van der Waals surface area contributed by atoms with Gasteiger partial charge in [0, 0.05) is 6.92 Å². The SMILES string of the molecule is CC(=O)OC[C@H]1O[C@@H](O)[C@@H](O)[C@@H](O)[C@@H]1O. The molecule has 1 rings (SSSR count). The van der Waals surface area contributed by atoms with E-state index in [0.29, 0.717) is 0 Å². The number of aliphatic hydroxyl groups excluding tert-OH is 4. The molecule has 15 heavy (non-hydrogen) atoms. The highest BCUT2D eigenvalue weighted by Crippen LogP contribution is 2.19. The molecule has 0 radical (unpaired) electrons. The van der Waals surface area contributed by atoms with Gasteiger partial charge in [0.1, 0.15) is 31.0 Å². The molecule has 7 heteroatoms. The first-order valence-corrected chi connectivity index (χ1v) is 4.44. The van der Waals surface area contributed by atoms with Gasteiger partial charge in [0.2, 0.25) is 0 Å². The highest BCUT2D eigenvalue weighted by molar-refractivity contribution is 5.65. The molecule has 0 aliphatic carbocycles. The number of ether oxygens (including phenoxy) is 2. The van der Waals surface area contributed by atoms with E-state index in [4.69, 9.17) is 14.9 Å². The molecule has 1 saturated heterocycles. The molecule has 1 heterocycles. The standard InChI is InChI=1S/C8H14O7/c1-3(9)14-2-4-5(10)6(11)7(12)8(13)15-4/h4-8,10-13H,2H2,1H3/t4-,5-,6+,7+,8-/m1/s1. The number of hydrogen-bond donors (Lipinski definition) is 4. The Balaban J connectivity index is 2.54. The average Bonchev–Trinajstić information content (AvgIpc) is 2.18. The van der Waals surface area contributed by atoms with Gasteiger partial charge in [-0.15, -0.1) is 0 Å². The maximum atomic E-state index is 10.5. The Morgan fingerprint density at radius 3 is 2.33 bits per heavy atom. The minimum atomic E-state index is -1.61. The molecule has 1 fully saturated rings. The molecule has 0 bridgehead atoms. The van der Waals surface area contributed by atoms with Gasteiger partial charge in [-0.2, -0.15) is 0 Å². The molecular weight excluding hydrogens is 208 g/mol. The highest BCUT2D eigenvalue weighted by Gasteiger charge is 2.43. The van der Waals surface area contributed by atoms with Crippen LogP contribution in [0.2, 0.25) is 0 Å². The van der Waals surface area contributed by atoms with Gasteiger partial charge in [-0.1, -0.05) is 0 Å². The van der Waals surface area contributed by atoms with Crippen molar-refractivity contribution in [2.75, 3.05) is 6.61 Å². The van der Waals surface area contributed by atoms with Crippen LogP contribution in [-0.2, 0) is 14.3 Å². The summed E-state index contributed by atoms with van der Waals surface area (Å²) < 4.78 is 9.31. The van der Waals surface area contributed by atoms with Crippen LogP contribution in [0.5, 0.6) is 0 Å². The third kappa shape index (κ3) is 2.86. The molecule has 7 nitrogen and oxygen atoms in total. The molecule has 4 N–H and O–H groups in total. The molecule has 1 aliphatic rings. The second-order valence-corrected chi connectivity index (χ2v) is 3.34. The largest absolute Gasteiger partial charge is 0.463 e. The van der Waals surface area contributed by atoms with Gasteiger partial charge in [-0.3, -0.25) is 4.79 Å². The summed E-state index contributed by atoms with van der Waals surface area (Å²) in [6.45, 7) is 0.883. The van der Waals surface area contributed by atoms with Crippen molar-refractivity contribution in [2.45, 2.75) is 37.6 Å². The van der Waals surface area contributed by atoms with E-state index >= 15 is 0 Å². The Bertz CT molecular complexity index is 231. The topological polar surface area (TPSA) is 116 Å². The zero-order chi connectivity index (χ0) is 11.6. The van der Waals surface area contributed by atoms with Crippen LogP contribution in [0.25, 0.3) is 0 Å². The van der Waals surface area contributed by atoms with E-state index in [1.165, 1.54) is 6.92 Å². The first kappa shape index (κ1) is 12.3. The van der Waals surface area contributed by atoms with Crippen LogP contribution in [0.1, 0.15) is 6.92 Å². The average molecular weight is 222 g/mol. The van der Waals surface area contributed by atoms with E-state index in [1.807, 2.05) is 0 Å². The Labute approximate surface area is 85.9 Å². The lowest BCUT2D eigenvalue weighted by Crippen LogP contribution is -2.58. The first-order chi connectivity index (χ1) is 6.93. The summed E-state index contributed by atoms with van der Waals surface area (Å²) in [6.07, 6.45) is -7.18. The molecular formula is C8H14O7. The minimum absolute atomic E-state index is 0.294. The molecule has 0 unspecified atom stereocenters. The van der Waals surface area contributed by atoms with Crippen molar-refractivity contribution in [1.82, 2.24) is 0 Å². The van der Waals surface area contributed by atoms with E-state index in [2.05, 4.69) is 4.74 Å². The van der Waals surface area contributed by atoms with Crippen molar-refractivity contribution in [2.24, 2.45) is 0 Å². The van der Waals surface area contributed by atoms with E-state index in [-0.39, 0.29) is 6.61 Å². The first-order valence-electron chi connectivity index (χ1n) is 4.44. The Morgan fingerprint density at radius 2 is 1.80 bits per heavy atom. The lowest BCUT2D eigenvalue weighted by molar-refractivity contribution is -0.287. The van der Waals surface area contributed by atoms with Crippen molar-refractivity contribution in [3.05, 3.63) is 0 Å². The van der Waals surface area contributed by atoms with Crippen molar-refractivity contribution < 1.29 is 34.7 Å². The van der Waals surface area contributed by atoms with Crippen LogP contribution in [0.4, 0.5) is 0 Å². The van der Waals surface area contributed by atoms with Gasteiger partial charge < -0.3 is 29.9 Å². The van der Waals surface area contributed by atoms with E-state index in [9.17, 15) is 15.0 Å². The van der Waals surface area contributed by atoms with Crippen LogP contribution < -0.4 is 0 Å². The van der Waals surface area contributed by atoms with E-state index in [1.54, 1.807) is 0 Å². The molecule has 5 atom stereocenters. The quantitative estimate of drug-likeness (QED) is 0.377. The number of aliphatic hydroxyl groups is 4. The fourth-order valence-electron chi connectivity index (χ4n) is 1.27. The second kappa shape index (κ2) is 4.86. The number of carbonyl (C=O) groups excluding carboxylic acids is 1. The fraction of sp³-hybridized carbons (Fsp3) is 0.875. The normalized spacial score (nSPS) is 41.3. The number of esters is 1. The van der Waals surface area contributed by atoms with Gasteiger partial charge in [0.25, 0.3) is 0 Å². The zero-order valence-electron chi connectivity index (χ0n) is 8.11. The third-order valence-electron chi connectivity index (χ3n) is 2.14. The van der Waals surface area contributed by atoms with Crippen LogP contribution in [0, 0.1) is 0 Å². The van der Waals surface area contributed by atoms with Crippen LogP contribution in [0.3, 0.4) is 0 Å². The summed E-state index contributed by atoms with van der Waals surface area (Å²) in [7, 11) is 0. The highest BCUT2D eigenvalue weighted by atomic mass is 16.6. The summed E-state index contributed by atoms with van der Waals surface area (Å²) >= 11 is 0. The van der Waals surface area contributed by atoms with E-state index < -0.39 is 36.7 Å². The molecule has 0 aromatic rings. The maximum Gasteiger partial charge on any atom is 0.302 e. The monoisotopic (exact) mass is 222 g/mol. The van der Waals surface area contributed by atoms with Gasteiger partial charge in [0.05, 0.1) is 0 Å².